The van der Waals surface area contributed by atoms with E-state index in [9.17, 15) is 9.90 Å². The molecule has 0 atom stereocenters. The topological polar surface area (TPSA) is 67.8 Å². The molecular weight excluding hydrogens is 458 g/mol. The van der Waals surface area contributed by atoms with Crippen LogP contribution in [0.3, 0.4) is 0 Å². The molecule has 6 heteroatoms. The molecule has 0 spiro atoms. The molecule has 0 bridgehead atoms. The van der Waals surface area contributed by atoms with Gasteiger partial charge in [0.2, 0.25) is 0 Å². The molecule has 0 heterocycles. The van der Waals surface area contributed by atoms with Gasteiger partial charge in [-0.2, -0.15) is 0 Å². The lowest BCUT2D eigenvalue weighted by molar-refractivity contribution is 0.0697. The molecular formula is C25H26BrNO4. The van der Waals surface area contributed by atoms with E-state index in [2.05, 4.69) is 40.3 Å². The molecule has 2 N–H and O–H groups in total. The van der Waals surface area contributed by atoms with Gasteiger partial charge in [-0.3, -0.25) is 0 Å². The van der Waals surface area contributed by atoms with Gasteiger partial charge in [0.1, 0.15) is 6.61 Å². The van der Waals surface area contributed by atoms with Gasteiger partial charge in [-0.25, -0.2) is 4.79 Å². The van der Waals surface area contributed by atoms with Gasteiger partial charge in [-0.1, -0.05) is 30.3 Å². The van der Waals surface area contributed by atoms with Gasteiger partial charge >= 0.3 is 5.97 Å². The second kappa shape index (κ2) is 10.4. The second-order valence-corrected chi connectivity index (χ2v) is 8.10. The molecule has 0 aliphatic carbocycles. The van der Waals surface area contributed by atoms with E-state index >= 15 is 0 Å². The summed E-state index contributed by atoms with van der Waals surface area (Å²) in [4.78, 5) is 11.3. The highest BCUT2D eigenvalue weighted by atomic mass is 79.9. The van der Waals surface area contributed by atoms with Gasteiger partial charge < -0.3 is 19.9 Å². The number of carboxylic acids is 1. The summed E-state index contributed by atoms with van der Waals surface area (Å²) in [5.74, 6) is 0.385. The maximum atomic E-state index is 11.3. The Morgan fingerprint density at radius 1 is 1.03 bits per heavy atom. The van der Waals surface area contributed by atoms with Crippen molar-refractivity contribution in [3.8, 4) is 11.5 Å². The molecule has 0 saturated carbocycles. The highest BCUT2D eigenvalue weighted by Crippen LogP contribution is 2.38. The number of carboxylic acid groups (broad SMARTS) is 1. The predicted octanol–water partition coefficient (Wildman–Crippen LogP) is 6.35. The van der Waals surface area contributed by atoms with Gasteiger partial charge in [0.25, 0.3) is 0 Å². The van der Waals surface area contributed by atoms with Gasteiger partial charge in [0.15, 0.2) is 11.5 Å². The summed E-state index contributed by atoms with van der Waals surface area (Å²) in [5, 5.41) is 12.6. The van der Waals surface area contributed by atoms with Crippen molar-refractivity contribution < 1.29 is 19.4 Å². The lowest BCUT2D eigenvalue weighted by atomic mass is 10.1. The van der Waals surface area contributed by atoms with Crippen LogP contribution in [0, 0.1) is 13.8 Å². The van der Waals surface area contributed by atoms with E-state index in [-0.39, 0.29) is 5.56 Å². The van der Waals surface area contributed by atoms with Crippen LogP contribution in [0.5, 0.6) is 11.5 Å². The molecule has 3 rings (SSSR count). The van der Waals surface area contributed by atoms with Crippen LogP contribution < -0.4 is 14.8 Å². The summed E-state index contributed by atoms with van der Waals surface area (Å²) in [6.07, 6.45) is 0. The minimum Gasteiger partial charge on any atom is -0.490 e. The molecule has 0 aliphatic rings. The minimum atomic E-state index is -0.945. The zero-order chi connectivity index (χ0) is 22.4. The number of aryl methyl sites for hydroxylation is 2. The molecule has 0 fully saturated rings. The van der Waals surface area contributed by atoms with Crippen molar-refractivity contribution >= 4 is 27.6 Å². The molecule has 0 aromatic heterocycles. The zero-order valence-corrected chi connectivity index (χ0v) is 19.5. The van der Waals surface area contributed by atoms with Crippen LogP contribution in [-0.2, 0) is 13.2 Å². The number of hydrogen-bond donors (Lipinski definition) is 2. The van der Waals surface area contributed by atoms with Crippen molar-refractivity contribution in [3.63, 3.8) is 0 Å². The Balaban J connectivity index is 1.79. The fourth-order valence-corrected chi connectivity index (χ4v) is 3.80. The third kappa shape index (κ3) is 5.79. The van der Waals surface area contributed by atoms with E-state index in [1.165, 1.54) is 5.56 Å². The molecule has 0 unspecified atom stereocenters. The molecule has 3 aromatic rings. The third-order valence-electron chi connectivity index (χ3n) is 4.97. The van der Waals surface area contributed by atoms with E-state index < -0.39 is 5.97 Å². The predicted molar refractivity (Wildman–Crippen MR) is 126 cm³/mol. The quantitative estimate of drug-likeness (QED) is 0.370. The summed E-state index contributed by atoms with van der Waals surface area (Å²) in [7, 11) is 0. The number of carbonyl (C=O) groups is 1. The first kappa shape index (κ1) is 22.7. The second-order valence-electron chi connectivity index (χ2n) is 7.24. The van der Waals surface area contributed by atoms with Crippen LogP contribution in [0.1, 0.15) is 39.5 Å². The highest BCUT2D eigenvalue weighted by molar-refractivity contribution is 9.10. The average molecular weight is 484 g/mol. The van der Waals surface area contributed by atoms with Crippen molar-refractivity contribution in [3.05, 3.63) is 86.9 Å². The van der Waals surface area contributed by atoms with Crippen molar-refractivity contribution in [2.45, 2.75) is 33.9 Å². The molecule has 3 aromatic carbocycles. The standard InChI is InChI=1S/C25H26BrNO4/c1-4-30-23-12-18(14-27-22-13-19(25(28)29)10-9-17(22)3)11-21(26)24(23)31-15-20-8-6-5-7-16(20)2/h5-13,27H,4,14-15H2,1-3H3,(H,28,29). The maximum absolute atomic E-state index is 11.3. The first-order valence-corrected chi connectivity index (χ1v) is 10.9. The number of nitrogens with one attached hydrogen (secondary N) is 1. The number of anilines is 1. The number of halogens is 1. The Labute approximate surface area is 191 Å². The molecule has 0 amide bonds. The fourth-order valence-electron chi connectivity index (χ4n) is 3.19. The summed E-state index contributed by atoms with van der Waals surface area (Å²) in [5.41, 5.74) is 5.30. The van der Waals surface area contributed by atoms with Crippen LogP contribution in [0.15, 0.2) is 59.1 Å². The first-order chi connectivity index (χ1) is 14.9. The summed E-state index contributed by atoms with van der Waals surface area (Å²) >= 11 is 3.62. The highest BCUT2D eigenvalue weighted by Gasteiger charge is 2.14. The van der Waals surface area contributed by atoms with Gasteiger partial charge in [-0.15, -0.1) is 0 Å². The Morgan fingerprint density at radius 3 is 2.52 bits per heavy atom. The van der Waals surface area contributed by atoms with E-state index in [0.717, 1.165) is 26.9 Å². The number of aromatic carboxylic acids is 1. The van der Waals surface area contributed by atoms with Crippen LogP contribution >= 0.6 is 15.9 Å². The summed E-state index contributed by atoms with van der Waals surface area (Å²) < 4.78 is 12.8. The van der Waals surface area contributed by atoms with Crippen molar-refractivity contribution in [1.29, 1.82) is 0 Å². The number of hydrogen-bond acceptors (Lipinski definition) is 4. The van der Waals surface area contributed by atoms with Gasteiger partial charge in [-0.05, 0) is 83.2 Å². The molecule has 0 saturated heterocycles. The average Bonchev–Trinajstić information content (AvgIpc) is 2.73. The van der Waals surface area contributed by atoms with Crippen molar-refractivity contribution in [1.82, 2.24) is 0 Å². The van der Waals surface area contributed by atoms with E-state index in [1.54, 1.807) is 18.2 Å². The van der Waals surface area contributed by atoms with Gasteiger partial charge in [0, 0.05) is 12.2 Å². The largest absolute Gasteiger partial charge is 0.490 e. The van der Waals surface area contributed by atoms with Crippen molar-refractivity contribution in [2.75, 3.05) is 11.9 Å². The first-order valence-electron chi connectivity index (χ1n) is 10.1. The Morgan fingerprint density at radius 2 is 1.81 bits per heavy atom. The smallest absolute Gasteiger partial charge is 0.335 e. The number of benzene rings is 3. The molecule has 31 heavy (non-hydrogen) atoms. The third-order valence-corrected chi connectivity index (χ3v) is 5.56. The molecule has 0 radical (unpaired) electrons. The van der Waals surface area contributed by atoms with E-state index in [4.69, 9.17) is 9.47 Å². The molecule has 162 valence electrons. The van der Waals surface area contributed by atoms with Gasteiger partial charge in [0.05, 0.1) is 16.6 Å². The number of rotatable bonds is 9. The Hall–Kier alpha value is -2.99. The summed E-state index contributed by atoms with van der Waals surface area (Å²) in [6, 6.07) is 17.1. The Bertz CT molecular complexity index is 1080. The van der Waals surface area contributed by atoms with Crippen LogP contribution in [0.25, 0.3) is 0 Å². The molecule has 5 nitrogen and oxygen atoms in total. The van der Waals surface area contributed by atoms with E-state index in [0.29, 0.717) is 31.3 Å². The lowest BCUT2D eigenvalue weighted by Crippen LogP contribution is -2.06. The van der Waals surface area contributed by atoms with Crippen LogP contribution in [-0.4, -0.2) is 17.7 Å². The van der Waals surface area contributed by atoms with Crippen molar-refractivity contribution in [2.24, 2.45) is 0 Å². The van der Waals surface area contributed by atoms with Crippen LogP contribution in [0.2, 0.25) is 0 Å². The Kier molecular flexibility index (Phi) is 7.58. The fraction of sp³-hybridized carbons (Fsp3) is 0.240. The monoisotopic (exact) mass is 483 g/mol. The minimum absolute atomic E-state index is 0.254. The summed E-state index contributed by atoms with van der Waals surface area (Å²) in [6.45, 7) is 7.42. The van der Waals surface area contributed by atoms with E-state index in [1.807, 2.05) is 38.1 Å². The molecule has 0 aliphatic heterocycles. The normalized spacial score (nSPS) is 10.6. The lowest BCUT2D eigenvalue weighted by Gasteiger charge is -2.17. The maximum Gasteiger partial charge on any atom is 0.335 e. The van der Waals surface area contributed by atoms with Crippen LogP contribution in [0.4, 0.5) is 5.69 Å². The zero-order valence-electron chi connectivity index (χ0n) is 17.9. The number of ether oxygens (including phenoxy) is 2. The SMILES string of the molecule is CCOc1cc(CNc2cc(C(=O)O)ccc2C)cc(Br)c1OCc1ccccc1C.